The molecule has 0 bridgehead atoms. The van der Waals surface area contributed by atoms with E-state index < -0.39 is 181 Å². The zero-order chi connectivity index (χ0) is 83.8. The molecule has 0 spiro atoms. The lowest BCUT2D eigenvalue weighted by atomic mass is 10.0. The van der Waals surface area contributed by atoms with Crippen molar-refractivity contribution < 1.29 is 0 Å². The molecule has 0 aliphatic carbocycles. The van der Waals surface area contributed by atoms with E-state index in [4.69, 9.17) is 0 Å². The lowest BCUT2D eigenvalue weighted by Gasteiger charge is -2.78. The summed E-state index contributed by atoms with van der Waals surface area (Å²) in [5.74, 6) is 0. The van der Waals surface area contributed by atoms with Gasteiger partial charge in [-0.25, -0.2) is 0 Å². The highest BCUT2D eigenvalue weighted by Gasteiger charge is 2.85. The third kappa shape index (κ3) is 22.0. The summed E-state index contributed by atoms with van der Waals surface area (Å²) in [6.45, 7) is 190. The minimum absolute atomic E-state index is 0.239. The third-order valence-electron chi connectivity index (χ3n) is 26.5. The first-order chi connectivity index (χ1) is 43.3. The second kappa shape index (κ2) is 33.0. The topological polar surface area (TPSA) is 0 Å². The van der Waals surface area contributed by atoms with Crippen LogP contribution in [-0.2, 0) is 0 Å². The van der Waals surface area contributed by atoms with E-state index in [1.54, 1.807) is 6.04 Å². The van der Waals surface area contributed by atoms with Crippen LogP contribution in [0.25, 0.3) is 0 Å². The number of hydrogen-bond donors (Lipinski definition) is 0. The Hall–Kier alpha value is 5.42. The van der Waals surface area contributed by atoms with Crippen LogP contribution in [0.3, 0.4) is 0 Å². The fourth-order valence-corrected chi connectivity index (χ4v) is 592. The summed E-state index contributed by atoms with van der Waals surface area (Å²) >= 11 is 0. The molecule has 0 aliphatic heterocycles. The lowest BCUT2D eigenvalue weighted by Crippen LogP contribution is -2.96. The van der Waals surface area contributed by atoms with Crippen molar-refractivity contribution in [2.24, 2.45) is 5.41 Å². The van der Waals surface area contributed by atoms with Crippen molar-refractivity contribution in [3.8, 4) is 0 Å². The second-order valence-electron chi connectivity index (χ2n) is 57.2. The smallest absolute Gasteiger partial charge is 0.0854 e. The molecule has 0 nitrogen and oxygen atoms in total. The molecule has 0 saturated carbocycles. The minimum atomic E-state index is -2.88. The number of hydrogen-bond acceptors (Lipinski definition) is 0. The highest BCUT2D eigenvalue weighted by atomic mass is 30.0. The lowest BCUT2D eigenvalue weighted by molar-refractivity contribution is 0.465. The van der Waals surface area contributed by atoms with Crippen LogP contribution >= 0.6 is 0 Å². The third-order valence-corrected chi connectivity index (χ3v) is 302. The van der Waals surface area contributed by atoms with Crippen molar-refractivity contribution in [3.05, 3.63) is 0 Å². The van der Waals surface area contributed by atoms with Gasteiger partial charge in [-0.2, -0.15) is 0 Å². The summed E-state index contributed by atoms with van der Waals surface area (Å²) in [5, 5.41) is 0. The van der Waals surface area contributed by atoms with E-state index in [0.29, 0.717) is 0 Å². The monoisotopic (exact) mass is 1830 g/mol. The Labute approximate surface area is 677 Å². The molecule has 0 N–H and O–H groups in total. The first-order valence-corrected chi connectivity index (χ1v) is 126. The van der Waals surface area contributed by atoms with E-state index in [1.807, 2.05) is 5.67 Å². The quantitative estimate of drug-likeness (QED) is 0.0555. The zero-order valence-electron chi connectivity index (χ0n) is 83.3. The summed E-state index contributed by atoms with van der Waals surface area (Å²) in [5.41, 5.74) is 5.34. The molecule has 610 valence electrons. The molecule has 0 atom stereocenters. The van der Waals surface area contributed by atoms with Crippen LogP contribution in [0.4, 0.5) is 0 Å². The predicted octanol–water partition coefficient (Wildman–Crippen LogP) is 30.9. The molecule has 0 heterocycles. The summed E-state index contributed by atoms with van der Waals surface area (Å²) in [6.07, 6.45) is 0. The van der Waals surface area contributed by atoms with E-state index in [-0.39, 0.29) is 5.41 Å². The van der Waals surface area contributed by atoms with Gasteiger partial charge in [0.05, 0.1) is 43.6 Å². The van der Waals surface area contributed by atoms with Gasteiger partial charge in [-0.15, -0.1) is 0 Å². The van der Waals surface area contributed by atoms with Gasteiger partial charge in [0, 0.05) is 137 Å². The second-order valence-corrected chi connectivity index (χ2v) is 224. The summed E-state index contributed by atoms with van der Waals surface area (Å²) in [6, 6.07) is 1.71. The molecule has 0 amide bonds. The molecule has 0 aromatic carbocycles. The Morgan fingerprint density at radius 1 is 0.186 bits per heavy atom. The van der Waals surface area contributed by atoms with Gasteiger partial charge in [-0.05, 0) is 5.41 Å². The van der Waals surface area contributed by atoms with Crippen LogP contribution in [0.2, 0.25) is 406 Å². The first-order valence-electron chi connectivity index (χ1n) is 42.9. The maximum absolute atomic E-state index is 3.24. The Bertz CT molecular complexity index is 2180. The van der Waals surface area contributed by atoms with Gasteiger partial charge >= 0.3 is 0 Å². The van der Waals surface area contributed by atoms with Crippen molar-refractivity contribution in [1.29, 1.82) is 0 Å². The maximum Gasteiger partial charge on any atom is 0.0864 e. The van der Waals surface area contributed by atoms with Gasteiger partial charge in [0.2, 0.25) is 0 Å². The van der Waals surface area contributed by atoms with E-state index >= 15 is 0 Å². The van der Waals surface area contributed by atoms with E-state index in [9.17, 15) is 0 Å². The van der Waals surface area contributed by atoms with Gasteiger partial charge < -0.3 is 0 Å². The SMILES string of the molecule is CC(C)[Si](C([Si](C)(C)C)[Si](C)(C)C)(C([Si](C)(C)C)[Si](C)(C)C)[Si](CC(C)(C)C)([Si]#[Si][Si](C[Si](C)(C)C)([Si](C(C)C)(C([Si](C)(C)C)[Si](C)(C)C)C([Si](C)(C)C)[Si](C)(C)C)[Si](C(C)C)(C([Si](C)(C)C)[Si](C)(C)C)C([Si](C)(C)C)[Si](C)(C)C)[Si](C(C)C)(C([Si](C)(C)C)[Si](C)(C)C)C([Si](C)(C)C)[Si](C)(C)C. The van der Waals surface area contributed by atoms with Gasteiger partial charge in [-0.3, -0.25) is 0 Å². The molecule has 0 rings (SSSR count). The standard InChI is InChI=1S/C77H202Si25/c1-65(2)99(69(81(15,16)17)82(18,19)20,70(83(21,22)23)84(24,25)26)97(63-77(9,10)11,100(66(3)4,71(85(27,28)29)86(30,31)32)72(87(33,34)35)88(36,37)38)78-79-98(64-80(12,13)14,101(67(5)6,73(89(39,40)41)90(42,43)44)74(91(45,46)47)92(48,49)50)102(68(7)8,75(93(51,52)53)94(54,55)56)76(95(57,58)59)96(60,61)62/h65-76H,63-64H2,1-62H3. The van der Waals surface area contributed by atoms with Crippen LogP contribution in [0.5, 0.6) is 0 Å². The molecule has 0 unspecified atom stereocenters. The van der Waals surface area contributed by atoms with Gasteiger partial charge in [0.1, 0.15) is 0 Å². The molecular formula is C77H202Si25. The van der Waals surface area contributed by atoms with E-state index in [0.717, 1.165) is 60.5 Å². The normalized spacial score (nSPS) is 16.6. The predicted molar refractivity (Wildman–Crippen MR) is 562 cm³/mol. The molecule has 0 saturated heterocycles. The Kier molecular flexibility index (Phi) is 34.7. The van der Waals surface area contributed by atoms with Crippen LogP contribution in [0, 0.1) is 5.41 Å². The summed E-state index contributed by atoms with van der Waals surface area (Å²) in [7, 11) is -42.7. The molecule has 0 fully saturated rings. The maximum atomic E-state index is 3.24. The molecule has 0 aromatic rings. The van der Waals surface area contributed by atoms with Crippen LogP contribution in [0.1, 0.15) is 76.2 Å². The Morgan fingerprint density at radius 2 is 0.294 bits per heavy atom. The molecule has 0 aromatic heterocycles. The largest absolute Gasteiger partial charge is 0.0864 e. The van der Waals surface area contributed by atoms with Crippen molar-refractivity contribution >= 4 is 197 Å². The highest BCUT2D eigenvalue weighted by molar-refractivity contribution is 7.96. The average Bonchev–Trinajstić information content (AvgIpc) is 0.649. The highest BCUT2D eigenvalue weighted by Crippen LogP contribution is 2.73. The minimum Gasteiger partial charge on any atom is -0.0854 e. The molecule has 25 heteroatoms. The molecule has 102 heavy (non-hydrogen) atoms. The fourth-order valence-electron chi connectivity index (χ4n) is 32.8. The van der Waals surface area contributed by atoms with Gasteiger partial charge in [-0.1, -0.05) is 498 Å². The van der Waals surface area contributed by atoms with E-state index in [2.05, 4.69) is 410 Å². The fraction of sp³-hybridized carbons (Fsp3) is 1.00. The Balaban J connectivity index is 16.1. The molecular weight excluding hydrogens is 1630 g/mol. The zero-order valence-corrected chi connectivity index (χ0v) is 108. The molecule has 0 aliphatic rings. The van der Waals surface area contributed by atoms with Crippen LogP contribution in [0.15, 0.2) is 0 Å². The van der Waals surface area contributed by atoms with Crippen molar-refractivity contribution in [2.75, 3.05) is 0 Å². The van der Waals surface area contributed by atoms with Crippen LogP contribution < -0.4 is 0 Å². The van der Waals surface area contributed by atoms with Crippen molar-refractivity contribution in [1.82, 2.24) is 0 Å². The summed E-state index contributed by atoms with van der Waals surface area (Å²) < 4.78 is 0. The summed E-state index contributed by atoms with van der Waals surface area (Å²) in [4.78, 5) is 8.16. The van der Waals surface area contributed by atoms with Crippen molar-refractivity contribution in [3.63, 3.8) is 0 Å². The van der Waals surface area contributed by atoms with Crippen LogP contribution in [-0.4, -0.2) is 197 Å². The molecule has 0 radical (unpaired) electrons. The average molecular weight is 1830 g/mol. The number of rotatable bonds is 35. The Morgan fingerprint density at radius 3 is 0.382 bits per heavy atom. The first kappa shape index (κ1) is 107. The van der Waals surface area contributed by atoms with Crippen molar-refractivity contribution in [2.45, 2.75) is 482 Å². The van der Waals surface area contributed by atoms with Gasteiger partial charge in [0.15, 0.2) is 0 Å². The van der Waals surface area contributed by atoms with Gasteiger partial charge in [0.25, 0.3) is 0 Å². The van der Waals surface area contributed by atoms with E-state index in [1.165, 1.54) is 15.9 Å².